The number of fused-ring (bicyclic) bond motifs is 1. The average molecular weight is 465 g/mol. The third-order valence-corrected chi connectivity index (χ3v) is 6.35. The highest BCUT2D eigenvalue weighted by molar-refractivity contribution is 6.21. The summed E-state index contributed by atoms with van der Waals surface area (Å²) < 4.78 is 11.5. The van der Waals surface area contributed by atoms with E-state index in [1.54, 1.807) is 42.5 Å². The third-order valence-electron chi connectivity index (χ3n) is 6.35. The fraction of sp³-hybridized carbons (Fsp3) is 0.444. The Bertz CT molecular complexity index is 1040. The van der Waals surface area contributed by atoms with Crippen LogP contribution < -0.4 is 10.1 Å². The zero-order valence-electron chi connectivity index (χ0n) is 19.8. The first-order valence-electron chi connectivity index (χ1n) is 12.2. The molecule has 0 aliphatic carbocycles. The van der Waals surface area contributed by atoms with E-state index in [9.17, 15) is 14.4 Å². The highest BCUT2D eigenvalue weighted by Crippen LogP contribution is 2.31. The van der Waals surface area contributed by atoms with Gasteiger partial charge in [0.2, 0.25) is 5.91 Å². The summed E-state index contributed by atoms with van der Waals surface area (Å²) in [6.07, 6.45) is 5.44. The van der Waals surface area contributed by atoms with Gasteiger partial charge in [-0.15, -0.1) is 0 Å². The van der Waals surface area contributed by atoms with E-state index in [1.807, 2.05) is 0 Å². The number of ether oxygens (including phenoxy) is 2. The van der Waals surface area contributed by atoms with Crippen molar-refractivity contribution in [2.24, 2.45) is 5.92 Å². The maximum Gasteiger partial charge on any atom is 0.261 e. The lowest BCUT2D eigenvalue weighted by atomic mass is 9.97. The molecule has 7 nitrogen and oxygen atoms in total. The fourth-order valence-corrected chi connectivity index (χ4v) is 4.58. The Hall–Kier alpha value is -3.19. The molecule has 0 unspecified atom stereocenters. The molecule has 180 valence electrons. The van der Waals surface area contributed by atoms with Crippen molar-refractivity contribution in [1.82, 2.24) is 4.90 Å². The van der Waals surface area contributed by atoms with Crippen molar-refractivity contribution in [2.75, 3.05) is 18.5 Å². The van der Waals surface area contributed by atoms with Gasteiger partial charge in [-0.3, -0.25) is 19.3 Å². The quantitative estimate of drug-likeness (QED) is 0.475. The lowest BCUT2D eigenvalue weighted by Crippen LogP contribution is -2.36. The van der Waals surface area contributed by atoms with Gasteiger partial charge in [0.15, 0.2) is 0 Å². The molecular formula is C27H32N2O5. The van der Waals surface area contributed by atoms with Crippen molar-refractivity contribution < 1.29 is 23.9 Å². The van der Waals surface area contributed by atoms with Gasteiger partial charge < -0.3 is 14.8 Å². The summed E-state index contributed by atoms with van der Waals surface area (Å²) >= 11 is 0. The van der Waals surface area contributed by atoms with Crippen LogP contribution in [0.3, 0.4) is 0 Å². The van der Waals surface area contributed by atoms with Crippen LogP contribution in [0.5, 0.6) is 11.5 Å². The highest BCUT2D eigenvalue weighted by Gasteiger charge is 2.37. The number of hydrogen-bond donors (Lipinski definition) is 1. The molecule has 7 heteroatoms. The van der Waals surface area contributed by atoms with E-state index in [4.69, 9.17) is 9.47 Å². The minimum Gasteiger partial charge on any atom is -0.457 e. The second kappa shape index (κ2) is 10.8. The number of rotatable bonds is 10. The summed E-state index contributed by atoms with van der Waals surface area (Å²) in [7, 11) is 0. The molecule has 0 spiro atoms. The van der Waals surface area contributed by atoms with Crippen LogP contribution in [0.1, 0.15) is 73.1 Å². The molecule has 1 atom stereocenters. The van der Waals surface area contributed by atoms with Crippen LogP contribution in [0.4, 0.5) is 5.69 Å². The van der Waals surface area contributed by atoms with Crippen LogP contribution in [0.15, 0.2) is 42.5 Å². The highest BCUT2D eigenvalue weighted by atomic mass is 16.5. The standard InChI is InChI=1S/C27H32N2O5/c1-3-6-18(7-4-2)25(30)28-19-9-11-20(12-10-19)34-21-13-14-23-24(16-21)27(32)29(26(23)31)17-22-8-5-15-33-22/h9-14,16,18,22H,3-8,15,17H2,1-2H3,(H,28,30)/t22-/m1/s1. The summed E-state index contributed by atoms with van der Waals surface area (Å²) in [4.78, 5) is 39.4. The summed E-state index contributed by atoms with van der Waals surface area (Å²) in [5.74, 6) is 0.523. The van der Waals surface area contributed by atoms with Gasteiger partial charge >= 0.3 is 0 Å². The van der Waals surface area contributed by atoms with E-state index in [1.165, 1.54) is 4.90 Å². The van der Waals surface area contributed by atoms with Crippen molar-refractivity contribution >= 4 is 23.4 Å². The smallest absolute Gasteiger partial charge is 0.261 e. The van der Waals surface area contributed by atoms with Gasteiger partial charge in [0.1, 0.15) is 11.5 Å². The van der Waals surface area contributed by atoms with Gasteiger partial charge in [-0.2, -0.15) is 0 Å². The van der Waals surface area contributed by atoms with E-state index >= 15 is 0 Å². The number of nitrogens with one attached hydrogen (secondary N) is 1. The number of anilines is 1. The summed E-state index contributed by atoms with van der Waals surface area (Å²) in [6, 6.07) is 12.1. The second-order valence-corrected chi connectivity index (χ2v) is 8.95. The molecule has 0 radical (unpaired) electrons. The molecular weight excluding hydrogens is 432 g/mol. The third kappa shape index (κ3) is 5.30. The molecule has 2 aliphatic heterocycles. The molecule has 2 aromatic rings. The summed E-state index contributed by atoms with van der Waals surface area (Å²) in [5, 5.41) is 2.99. The Kier molecular flexibility index (Phi) is 7.63. The van der Waals surface area contributed by atoms with Crippen LogP contribution in [0.2, 0.25) is 0 Å². The van der Waals surface area contributed by atoms with Crippen LogP contribution >= 0.6 is 0 Å². The van der Waals surface area contributed by atoms with Crippen LogP contribution in [0.25, 0.3) is 0 Å². The van der Waals surface area contributed by atoms with Crippen molar-refractivity contribution in [1.29, 1.82) is 0 Å². The Morgan fingerprint density at radius 2 is 1.71 bits per heavy atom. The van der Waals surface area contributed by atoms with Gasteiger partial charge in [0, 0.05) is 18.2 Å². The number of carbonyl (C=O) groups is 3. The lowest BCUT2D eigenvalue weighted by molar-refractivity contribution is -0.120. The van der Waals surface area contributed by atoms with Crippen molar-refractivity contribution in [2.45, 2.75) is 58.5 Å². The zero-order chi connectivity index (χ0) is 24.1. The Labute approximate surface area is 200 Å². The number of nitrogens with zero attached hydrogens (tertiary/aromatic N) is 1. The average Bonchev–Trinajstić information content (AvgIpc) is 3.43. The van der Waals surface area contributed by atoms with Gasteiger partial charge in [-0.25, -0.2) is 0 Å². The first kappa shape index (κ1) is 24.0. The van der Waals surface area contributed by atoms with Crippen LogP contribution in [0, 0.1) is 5.92 Å². The maximum absolute atomic E-state index is 12.8. The Balaban J connectivity index is 1.39. The molecule has 2 aromatic carbocycles. The lowest BCUT2D eigenvalue weighted by Gasteiger charge is -2.17. The summed E-state index contributed by atoms with van der Waals surface area (Å²) in [5.41, 5.74) is 1.46. The monoisotopic (exact) mass is 464 g/mol. The van der Waals surface area contributed by atoms with E-state index < -0.39 is 0 Å². The number of benzene rings is 2. The first-order chi connectivity index (χ1) is 16.5. The predicted octanol–water partition coefficient (Wildman–Crippen LogP) is 5.41. The number of amides is 3. The van der Waals surface area contributed by atoms with Crippen molar-refractivity contribution in [3.8, 4) is 11.5 Å². The molecule has 0 aromatic heterocycles. The molecule has 1 fully saturated rings. The molecule has 1 saturated heterocycles. The number of hydrogen-bond acceptors (Lipinski definition) is 5. The molecule has 0 saturated carbocycles. The molecule has 3 amide bonds. The van der Waals surface area contributed by atoms with Gasteiger partial charge in [-0.05, 0) is 68.1 Å². The maximum atomic E-state index is 12.8. The van der Waals surface area contributed by atoms with Crippen molar-refractivity contribution in [3.63, 3.8) is 0 Å². The van der Waals surface area contributed by atoms with Crippen LogP contribution in [-0.4, -0.2) is 41.9 Å². The molecule has 34 heavy (non-hydrogen) atoms. The summed E-state index contributed by atoms with van der Waals surface area (Å²) in [6.45, 7) is 5.14. The minimum absolute atomic E-state index is 0.0254. The Morgan fingerprint density at radius 3 is 2.35 bits per heavy atom. The Morgan fingerprint density at radius 1 is 1.03 bits per heavy atom. The molecule has 4 rings (SSSR count). The van der Waals surface area contributed by atoms with Gasteiger partial charge in [0.25, 0.3) is 11.8 Å². The minimum atomic E-state index is -0.312. The van der Waals surface area contributed by atoms with Gasteiger partial charge in [0.05, 0.1) is 23.8 Å². The molecule has 2 aliphatic rings. The van der Waals surface area contributed by atoms with Crippen molar-refractivity contribution in [3.05, 3.63) is 53.6 Å². The molecule has 0 bridgehead atoms. The van der Waals surface area contributed by atoms with Gasteiger partial charge in [-0.1, -0.05) is 26.7 Å². The van der Waals surface area contributed by atoms with E-state index in [0.717, 1.165) is 38.5 Å². The fourth-order valence-electron chi connectivity index (χ4n) is 4.58. The zero-order valence-corrected chi connectivity index (χ0v) is 19.8. The molecule has 1 N–H and O–H groups in total. The van der Waals surface area contributed by atoms with Crippen LogP contribution in [-0.2, 0) is 9.53 Å². The van der Waals surface area contributed by atoms with E-state index in [-0.39, 0.29) is 36.3 Å². The number of carbonyl (C=O) groups excluding carboxylic acids is 3. The number of imide groups is 1. The second-order valence-electron chi connectivity index (χ2n) is 8.95. The first-order valence-corrected chi connectivity index (χ1v) is 12.2. The normalized spacial score (nSPS) is 17.4. The topological polar surface area (TPSA) is 84.9 Å². The predicted molar refractivity (Wildman–Crippen MR) is 129 cm³/mol. The molecule has 2 heterocycles. The van der Waals surface area contributed by atoms with E-state index in [0.29, 0.717) is 34.9 Å². The van der Waals surface area contributed by atoms with E-state index in [2.05, 4.69) is 19.2 Å². The largest absolute Gasteiger partial charge is 0.457 e. The SMILES string of the molecule is CCCC(CCC)C(=O)Nc1ccc(Oc2ccc3c(c2)C(=O)N(C[C@H]2CCCO2)C3=O)cc1.